The average molecular weight is 234 g/mol. The zero-order valence-corrected chi connectivity index (χ0v) is 10.1. The molecular formula is C17H14O. The van der Waals surface area contributed by atoms with Crippen molar-refractivity contribution in [3.63, 3.8) is 0 Å². The van der Waals surface area contributed by atoms with Crippen LogP contribution in [0, 0.1) is 0 Å². The van der Waals surface area contributed by atoms with Crippen molar-refractivity contribution in [2.24, 2.45) is 0 Å². The maximum atomic E-state index is 5.59. The lowest BCUT2D eigenvalue weighted by atomic mass is 10.0. The van der Waals surface area contributed by atoms with Gasteiger partial charge in [0, 0.05) is 0 Å². The maximum Gasteiger partial charge on any atom is 0.120 e. The molecule has 0 saturated carbocycles. The van der Waals surface area contributed by atoms with Crippen molar-refractivity contribution in [1.29, 1.82) is 0 Å². The van der Waals surface area contributed by atoms with E-state index in [1.54, 1.807) is 6.08 Å². The second-order valence-electron chi connectivity index (χ2n) is 4.27. The van der Waals surface area contributed by atoms with Crippen LogP contribution >= 0.6 is 0 Å². The molecule has 3 aromatic carbocycles. The second kappa shape index (κ2) is 4.53. The van der Waals surface area contributed by atoms with Gasteiger partial charge in [-0.2, -0.15) is 0 Å². The molecule has 0 aromatic heterocycles. The third-order valence-corrected chi connectivity index (χ3v) is 3.09. The summed E-state index contributed by atoms with van der Waals surface area (Å²) in [7, 11) is 0. The highest BCUT2D eigenvalue weighted by Gasteiger charge is 2.01. The van der Waals surface area contributed by atoms with Crippen LogP contribution in [0.15, 0.2) is 67.3 Å². The molecule has 0 spiro atoms. The van der Waals surface area contributed by atoms with Crippen molar-refractivity contribution >= 4 is 21.5 Å². The van der Waals surface area contributed by atoms with E-state index in [0.29, 0.717) is 6.61 Å². The molecule has 0 amide bonds. The van der Waals surface area contributed by atoms with E-state index in [1.165, 1.54) is 21.5 Å². The van der Waals surface area contributed by atoms with Crippen molar-refractivity contribution in [3.8, 4) is 5.75 Å². The summed E-state index contributed by atoms with van der Waals surface area (Å²) >= 11 is 0. The topological polar surface area (TPSA) is 9.23 Å². The molecule has 0 aliphatic heterocycles. The monoisotopic (exact) mass is 234 g/mol. The van der Waals surface area contributed by atoms with Gasteiger partial charge in [0.15, 0.2) is 0 Å². The van der Waals surface area contributed by atoms with Gasteiger partial charge in [-0.15, -0.1) is 0 Å². The number of hydrogen-bond donors (Lipinski definition) is 0. The summed E-state index contributed by atoms with van der Waals surface area (Å²) in [6, 6.07) is 18.9. The summed E-state index contributed by atoms with van der Waals surface area (Å²) in [5.74, 6) is 0.888. The molecule has 0 aliphatic carbocycles. The summed E-state index contributed by atoms with van der Waals surface area (Å²) in [6.07, 6.45) is 1.76. The van der Waals surface area contributed by atoms with Gasteiger partial charge in [-0.25, -0.2) is 0 Å². The van der Waals surface area contributed by atoms with E-state index in [-0.39, 0.29) is 0 Å². The molecule has 0 atom stereocenters. The van der Waals surface area contributed by atoms with E-state index in [2.05, 4.69) is 55.1 Å². The van der Waals surface area contributed by atoms with Crippen molar-refractivity contribution in [2.45, 2.75) is 0 Å². The van der Waals surface area contributed by atoms with Crippen molar-refractivity contribution in [3.05, 3.63) is 67.3 Å². The Kier molecular flexibility index (Phi) is 2.73. The average Bonchev–Trinajstić information content (AvgIpc) is 2.45. The van der Waals surface area contributed by atoms with Gasteiger partial charge >= 0.3 is 0 Å². The van der Waals surface area contributed by atoms with Crippen LogP contribution in [0.2, 0.25) is 0 Å². The van der Waals surface area contributed by atoms with E-state index < -0.39 is 0 Å². The van der Waals surface area contributed by atoms with E-state index >= 15 is 0 Å². The van der Waals surface area contributed by atoms with Gasteiger partial charge in [0.1, 0.15) is 12.4 Å². The van der Waals surface area contributed by atoms with Crippen LogP contribution in [-0.2, 0) is 0 Å². The highest BCUT2D eigenvalue weighted by molar-refractivity contribution is 6.07. The molecule has 3 aromatic rings. The van der Waals surface area contributed by atoms with Gasteiger partial charge in [0.05, 0.1) is 0 Å². The highest BCUT2D eigenvalue weighted by atomic mass is 16.5. The first-order valence-corrected chi connectivity index (χ1v) is 6.04. The van der Waals surface area contributed by atoms with Gasteiger partial charge in [0.25, 0.3) is 0 Å². The number of benzene rings is 3. The summed E-state index contributed by atoms with van der Waals surface area (Å²) < 4.78 is 5.59. The fraction of sp³-hybridized carbons (Fsp3) is 0.0588. The van der Waals surface area contributed by atoms with Gasteiger partial charge in [-0.1, -0.05) is 55.1 Å². The van der Waals surface area contributed by atoms with Crippen molar-refractivity contribution < 1.29 is 4.74 Å². The van der Waals surface area contributed by atoms with E-state index in [0.717, 1.165) is 5.75 Å². The number of rotatable bonds is 3. The Hall–Kier alpha value is -2.28. The molecule has 0 N–H and O–H groups in total. The Morgan fingerprint density at radius 2 is 1.61 bits per heavy atom. The third kappa shape index (κ3) is 1.84. The molecule has 18 heavy (non-hydrogen) atoms. The molecule has 0 saturated heterocycles. The first-order chi connectivity index (χ1) is 8.88. The molecule has 0 radical (unpaired) electrons. The fourth-order valence-electron chi connectivity index (χ4n) is 2.23. The zero-order chi connectivity index (χ0) is 12.4. The van der Waals surface area contributed by atoms with Gasteiger partial charge in [0.2, 0.25) is 0 Å². The Labute approximate surface area is 106 Å². The van der Waals surface area contributed by atoms with Crippen LogP contribution < -0.4 is 4.74 Å². The van der Waals surface area contributed by atoms with Crippen LogP contribution in [-0.4, -0.2) is 6.61 Å². The maximum absolute atomic E-state index is 5.59. The Bertz CT molecular complexity index is 713. The molecular weight excluding hydrogens is 220 g/mol. The standard InChI is InChI=1S/C17H14O/c1-2-11-18-15-10-9-14-8-7-13-5-3-4-6-16(13)17(14)12-15/h2-10,12H,1,11H2. The lowest BCUT2D eigenvalue weighted by Crippen LogP contribution is -1.92. The fourth-order valence-corrected chi connectivity index (χ4v) is 2.23. The van der Waals surface area contributed by atoms with E-state index in [4.69, 9.17) is 4.74 Å². The first kappa shape index (κ1) is 10.8. The number of ether oxygens (including phenoxy) is 1. The minimum atomic E-state index is 0.538. The van der Waals surface area contributed by atoms with Crippen molar-refractivity contribution in [1.82, 2.24) is 0 Å². The molecule has 0 bridgehead atoms. The normalized spacial score (nSPS) is 10.7. The predicted octanol–water partition coefficient (Wildman–Crippen LogP) is 4.56. The number of fused-ring (bicyclic) bond motifs is 3. The molecule has 0 unspecified atom stereocenters. The van der Waals surface area contributed by atoms with Crippen LogP contribution in [0.4, 0.5) is 0 Å². The Balaban J connectivity index is 2.23. The molecule has 3 rings (SSSR count). The van der Waals surface area contributed by atoms with E-state index in [9.17, 15) is 0 Å². The third-order valence-electron chi connectivity index (χ3n) is 3.09. The minimum Gasteiger partial charge on any atom is -0.490 e. The van der Waals surface area contributed by atoms with Gasteiger partial charge in [-0.3, -0.25) is 0 Å². The van der Waals surface area contributed by atoms with Crippen LogP contribution in [0.5, 0.6) is 5.75 Å². The second-order valence-corrected chi connectivity index (χ2v) is 4.27. The van der Waals surface area contributed by atoms with Crippen LogP contribution in [0.1, 0.15) is 0 Å². The molecule has 0 fully saturated rings. The molecule has 1 heteroatoms. The van der Waals surface area contributed by atoms with Gasteiger partial charge < -0.3 is 4.74 Å². The van der Waals surface area contributed by atoms with E-state index in [1.807, 2.05) is 6.07 Å². The lowest BCUT2D eigenvalue weighted by molar-refractivity contribution is 0.364. The molecule has 88 valence electrons. The quantitative estimate of drug-likeness (QED) is 0.477. The lowest BCUT2D eigenvalue weighted by Gasteiger charge is -2.07. The smallest absolute Gasteiger partial charge is 0.120 e. The predicted molar refractivity (Wildman–Crippen MR) is 77.1 cm³/mol. The molecule has 0 aliphatic rings. The SMILES string of the molecule is C=CCOc1ccc2ccc3ccccc3c2c1. The van der Waals surface area contributed by atoms with Crippen LogP contribution in [0.25, 0.3) is 21.5 Å². The summed E-state index contributed by atoms with van der Waals surface area (Å²) in [4.78, 5) is 0. The first-order valence-electron chi connectivity index (χ1n) is 6.04. The van der Waals surface area contributed by atoms with Gasteiger partial charge in [-0.05, 0) is 33.7 Å². The molecule has 0 heterocycles. The van der Waals surface area contributed by atoms with Crippen molar-refractivity contribution in [2.75, 3.05) is 6.61 Å². The Morgan fingerprint density at radius 1 is 0.889 bits per heavy atom. The zero-order valence-electron chi connectivity index (χ0n) is 10.1. The summed E-state index contributed by atoms with van der Waals surface area (Å²) in [5.41, 5.74) is 0. The van der Waals surface area contributed by atoms with Crippen LogP contribution in [0.3, 0.4) is 0 Å². The Morgan fingerprint density at radius 3 is 2.44 bits per heavy atom. The highest BCUT2D eigenvalue weighted by Crippen LogP contribution is 2.28. The molecule has 1 nitrogen and oxygen atoms in total. The largest absolute Gasteiger partial charge is 0.490 e. The number of hydrogen-bond acceptors (Lipinski definition) is 1. The summed E-state index contributed by atoms with van der Waals surface area (Å²) in [6.45, 7) is 4.20. The summed E-state index contributed by atoms with van der Waals surface area (Å²) in [5, 5.41) is 4.99. The minimum absolute atomic E-state index is 0.538.